The first-order chi connectivity index (χ1) is 12.0. The lowest BCUT2D eigenvalue weighted by atomic mass is 10.1. The summed E-state index contributed by atoms with van der Waals surface area (Å²) < 4.78 is 10.5. The minimum absolute atomic E-state index is 0. The van der Waals surface area contributed by atoms with Gasteiger partial charge in [0.1, 0.15) is 11.8 Å². The van der Waals surface area contributed by atoms with Crippen LogP contribution in [0.25, 0.3) is 0 Å². The molecule has 0 aliphatic carbocycles. The molecule has 1 saturated heterocycles. The maximum atomic E-state index is 12.7. The molecule has 3 N–H and O–H groups in total. The number of carbonyl (C=O) groups excluding carboxylic acids is 2. The van der Waals surface area contributed by atoms with Gasteiger partial charge in [0.05, 0.1) is 25.3 Å². The Bertz CT molecular complexity index is 622. The monoisotopic (exact) mass is 385 g/mol. The molecule has 0 spiro atoms. The van der Waals surface area contributed by atoms with Crippen molar-refractivity contribution in [1.82, 2.24) is 4.90 Å². The summed E-state index contributed by atoms with van der Waals surface area (Å²) in [5.74, 6) is 0.292. The van der Waals surface area contributed by atoms with Crippen molar-refractivity contribution in [2.24, 2.45) is 5.73 Å². The fourth-order valence-corrected chi connectivity index (χ4v) is 3.05. The van der Waals surface area contributed by atoms with Crippen molar-refractivity contribution >= 4 is 29.9 Å². The maximum absolute atomic E-state index is 12.7. The Labute approximate surface area is 160 Å². The molecule has 1 aliphatic heterocycles. The molecule has 1 aromatic carbocycles. The number of hydrogen-bond donors (Lipinski definition) is 2. The van der Waals surface area contributed by atoms with Gasteiger partial charge in [0.25, 0.3) is 0 Å². The van der Waals surface area contributed by atoms with Crippen LogP contribution in [0.1, 0.15) is 24.8 Å². The van der Waals surface area contributed by atoms with E-state index in [0.29, 0.717) is 24.4 Å². The lowest BCUT2D eigenvalue weighted by Crippen LogP contribution is -2.44. The summed E-state index contributed by atoms with van der Waals surface area (Å²) in [6, 6.07) is 5.10. The average Bonchev–Trinajstić information content (AvgIpc) is 3.09. The van der Waals surface area contributed by atoms with E-state index in [1.54, 1.807) is 12.0 Å². The second-order valence-corrected chi connectivity index (χ2v) is 6.24. The molecule has 2 unspecified atom stereocenters. The van der Waals surface area contributed by atoms with Crippen LogP contribution in [0, 0.1) is 6.92 Å². The number of hydrogen-bond acceptors (Lipinski definition) is 5. The molecule has 1 aromatic rings. The van der Waals surface area contributed by atoms with E-state index >= 15 is 0 Å². The normalized spacial score (nSPS) is 17.4. The third-order valence-electron chi connectivity index (χ3n) is 4.49. The minimum Gasteiger partial charge on any atom is -0.495 e. The number of likely N-dealkylation sites (tertiary alicyclic amines) is 1. The van der Waals surface area contributed by atoms with Crippen molar-refractivity contribution in [3.05, 3.63) is 23.8 Å². The van der Waals surface area contributed by atoms with Gasteiger partial charge in [-0.05, 0) is 37.5 Å². The van der Waals surface area contributed by atoms with Crippen molar-refractivity contribution in [3.63, 3.8) is 0 Å². The number of rotatable bonds is 7. The highest BCUT2D eigenvalue weighted by Crippen LogP contribution is 2.27. The number of aryl methyl sites for hydroxylation is 1. The predicted molar refractivity (Wildman–Crippen MR) is 103 cm³/mol. The van der Waals surface area contributed by atoms with Gasteiger partial charge in [-0.15, -0.1) is 12.4 Å². The number of nitrogens with zero attached hydrogens (tertiary/aromatic N) is 1. The topological polar surface area (TPSA) is 93.9 Å². The molecular weight excluding hydrogens is 358 g/mol. The van der Waals surface area contributed by atoms with Gasteiger partial charge in [0, 0.05) is 20.2 Å². The van der Waals surface area contributed by atoms with Crippen LogP contribution < -0.4 is 15.8 Å². The second kappa shape index (κ2) is 10.4. The first kappa shape index (κ1) is 22.2. The summed E-state index contributed by atoms with van der Waals surface area (Å²) in [4.78, 5) is 26.8. The van der Waals surface area contributed by atoms with E-state index in [0.717, 1.165) is 12.0 Å². The van der Waals surface area contributed by atoms with Crippen LogP contribution in [0.3, 0.4) is 0 Å². The van der Waals surface area contributed by atoms with E-state index in [1.807, 2.05) is 25.1 Å². The first-order valence-electron chi connectivity index (χ1n) is 8.48. The van der Waals surface area contributed by atoms with E-state index in [9.17, 15) is 9.59 Å². The lowest BCUT2D eigenvalue weighted by Gasteiger charge is -2.26. The van der Waals surface area contributed by atoms with Gasteiger partial charge in [0.2, 0.25) is 11.8 Å². The summed E-state index contributed by atoms with van der Waals surface area (Å²) in [5.41, 5.74) is 7.21. The molecule has 0 radical (unpaired) electrons. The van der Waals surface area contributed by atoms with Crippen molar-refractivity contribution < 1.29 is 19.1 Å². The highest BCUT2D eigenvalue weighted by atomic mass is 35.5. The van der Waals surface area contributed by atoms with Gasteiger partial charge in [-0.25, -0.2) is 0 Å². The van der Waals surface area contributed by atoms with E-state index in [1.165, 1.54) is 7.11 Å². The van der Waals surface area contributed by atoms with Gasteiger partial charge >= 0.3 is 0 Å². The van der Waals surface area contributed by atoms with Crippen LogP contribution >= 0.6 is 12.4 Å². The Balaban J connectivity index is 0.00000338. The van der Waals surface area contributed by atoms with E-state index in [2.05, 4.69) is 5.32 Å². The van der Waals surface area contributed by atoms with Gasteiger partial charge < -0.3 is 25.4 Å². The molecule has 26 heavy (non-hydrogen) atoms. The second-order valence-electron chi connectivity index (χ2n) is 6.24. The third kappa shape index (κ3) is 5.33. The number of carbonyl (C=O) groups is 2. The molecule has 1 heterocycles. The SMILES string of the molecule is COc1ccc(C)cc1NC(=O)C1CCCN1C(=O)CC(CN)OC.Cl. The van der Waals surface area contributed by atoms with Crippen LogP contribution in [0.4, 0.5) is 5.69 Å². The first-order valence-corrected chi connectivity index (χ1v) is 8.48. The van der Waals surface area contributed by atoms with Crippen LogP contribution in [0.15, 0.2) is 18.2 Å². The zero-order valence-electron chi connectivity index (χ0n) is 15.5. The minimum atomic E-state index is -0.479. The number of halogens is 1. The Kier molecular flexibility index (Phi) is 8.84. The lowest BCUT2D eigenvalue weighted by molar-refractivity contribution is -0.138. The summed E-state index contributed by atoms with van der Waals surface area (Å²) in [6.45, 7) is 2.79. The molecule has 8 heteroatoms. The Morgan fingerprint density at radius 2 is 2.12 bits per heavy atom. The standard InChI is InChI=1S/C18H27N3O4.ClH/c1-12-6-7-16(25-3)14(9-12)20-18(23)15-5-4-8-21(15)17(22)10-13(11-19)24-2;/h6-7,9,13,15H,4-5,8,10-11,19H2,1-3H3,(H,20,23);1H. The quantitative estimate of drug-likeness (QED) is 0.745. The van der Waals surface area contributed by atoms with Crippen molar-refractivity contribution in [2.75, 3.05) is 32.6 Å². The molecule has 2 rings (SSSR count). The molecule has 2 atom stereocenters. The van der Waals surface area contributed by atoms with Crippen molar-refractivity contribution in [3.8, 4) is 5.75 Å². The number of methoxy groups -OCH3 is 2. The maximum Gasteiger partial charge on any atom is 0.247 e. The van der Waals surface area contributed by atoms with E-state index in [-0.39, 0.29) is 43.3 Å². The summed E-state index contributed by atoms with van der Waals surface area (Å²) in [5, 5.41) is 2.90. The molecule has 0 aromatic heterocycles. The molecule has 1 fully saturated rings. The Morgan fingerprint density at radius 1 is 1.38 bits per heavy atom. The highest BCUT2D eigenvalue weighted by molar-refractivity contribution is 5.98. The number of benzene rings is 1. The number of amides is 2. The van der Waals surface area contributed by atoms with Gasteiger partial charge in [0.15, 0.2) is 0 Å². The van der Waals surface area contributed by atoms with Crippen molar-refractivity contribution in [1.29, 1.82) is 0 Å². The van der Waals surface area contributed by atoms with Crippen LogP contribution in [0.5, 0.6) is 5.75 Å². The van der Waals surface area contributed by atoms with Crippen LogP contribution in [-0.4, -0.2) is 56.2 Å². The summed E-state index contributed by atoms with van der Waals surface area (Å²) in [7, 11) is 3.09. The van der Waals surface area contributed by atoms with Crippen LogP contribution in [-0.2, 0) is 14.3 Å². The molecular formula is C18H28ClN3O4. The number of anilines is 1. The highest BCUT2D eigenvalue weighted by Gasteiger charge is 2.35. The zero-order valence-corrected chi connectivity index (χ0v) is 16.3. The Morgan fingerprint density at radius 3 is 2.73 bits per heavy atom. The molecule has 146 valence electrons. The van der Waals surface area contributed by atoms with E-state index in [4.69, 9.17) is 15.2 Å². The fourth-order valence-electron chi connectivity index (χ4n) is 3.05. The Hall–Kier alpha value is -1.83. The molecule has 7 nitrogen and oxygen atoms in total. The molecule has 0 bridgehead atoms. The molecule has 2 amide bonds. The fraction of sp³-hybridized carbons (Fsp3) is 0.556. The molecule has 1 aliphatic rings. The number of ether oxygens (including phenoxy) is 2. The average molecular weight is 386 g/mol. The predicted octanol–water partition coefficient (Wildman–Crippen LogP) is 1.72. The largest absolute Gasteiger partial charge is 0.495 e. The van der Waals surface area contributed by atoms with Gasteiger partial charge in [-0.2, -0.15) is 0 Å². The summed E-state index contributed by atoms with van der Waals surface area (Å²) in [6.07, 6.45) is 1.31. The third-order valence-corrected chi connectivity index (χ3v) is 4.49. The van der Waals surface area contributed by atoms with Gasteiger partial charge in [-0.3, -0.25) is 9.59 Å². The number of nitrogens with one attached hydrogen (secondary N) is 1. The van der Waals surface area contributed by atoms with Gasteiger partial charge in [-0.1, -0.05) is 6.07 Å². The van der Waals surface area contributed by atoms with Crippen molar-refractivity contribution in [2.45, 2.75) is 38.3 Å². The summed E-state index contributed by atoms with van der Waals surface area (Å²) >= 11 is 0. The molecule has 0 saturated carbocycles. The zero-order chi connectivity index (χ0) is 18.4. The number of nitrogens with two attached hydrogens (primary N) is 1. The smallest absolute Gasteiger partial charge is 0.247 e. The van der Waals surface area contributed by atoms with Crippen LogP contribution in [0.2, 0.25) is 0 Å². The van der Waals surface area contributed by atoms with E-state index < -0.39 is 6.04 Å².